The number of benzene rings is 3. The van der Waals surface area contributed by atoms with Crippen molar-refractivity contribution in [2.45, 2.75) is 18.7 Å². The smallest absolute Gasteiger partial charge is 0.294 e. The summed E-state index contributed by atoms with van der Waals surface area (Å²) in [5.74, 6) is 0. The molecule has 3 N–H and O–H groups in total. The van der Waals surface area contributed by atoms with Crippen LogP contribution in [-0.2, 0) is 10.1 Å². The summed E-state index contributed by atoms with van der Waals surface area (Å²) in [5, 5.41) is 1.63. The summed E-state index contributed by atoms with van der Waals surface area (Å²) in [4.78, 5) is 32.1. The van der Waals surface area contributed by atoms with Crippen LogP contribution in [0.3, 0.4) is 0 Å². The third kappa shape index (κ3) is 2.65. The number of nitrogens with one attached hydrogen (secondary N) is 2. The van der Waals surface area contributed by atoms with Gasteiger partial charge in [0.1, 0.15) is 0 Å². The van der Waals surface area contributed by atoms with Gasteiger partial charge in [0.2, 0.25) is 0 Å². The van der Waals surface area contributed by atoms with Crippen molar-refractivity contribution < 1.29 is 13.0 Å². The van der Waals surface area contributed by atoms with Gasteiger partial charge >= 0.3 is 0 Å². The first-order valence-electron chi connectivity index (χ1n) is 9.18. The van der Waals surface area contributed by atoms with Gasteiger partial charge in [0.05, 0.1) is 21.4 Å². The number of aryl methyl sites for hydroxylation is 2. The molecule has 0 saturated carbocycles. The lowest BCUT2D eigenvalue weighted by atomic mass is 10.0. The second-order valence-corrected chi connectivity index (χ2v) is 8.93. The average molecular weight is 420 g/mol. The normalized spacial score (nSPS) is 12.4. The first kappa shape index (κ1) is 18.5. The molecular formula is C22H16N2O5S. The minimum atomic E-state index is -4.44. The third-order valence-electron chi connectivity index (χ3n) is 5.44. The molecular weight excluding hydrogens is 404 g/mol. The second kappa shape index (κ2) is 6.01. The molecule has 5 rings (SSSR count). The molecule has 0 bridgehead atoms. The molecule has 0 aliphatic carbocycles. The van der Waals surface area contributed by atoms with E-state index in [0.29, 0.717) is 38.1 Å². The fourth-order valence-corrected chi connectivity index (χ4v) is 4.71. The highest BCUT2D eigenvalue weighted by molar-refractivity contribution is 7.85. The largest absolute Gasteiger partial charge is 0.354 e. The Morgan fingerprint density at radius 1 is 0.700 bits per heavy atom. The van der Waals surface area contributed by atoms with Gasteiger partial charge in [-0.2, -0.15) is 8.42 Å². The number of hydrogen-bond acceptors (Lipinski definition) is 4. The Morgan fingerprint density at radius 3 is 1.80 bits per heavy atom. The maximum absolute atomic E-state index is 13.1. The highest BCUT2D eigenvalue weighted by Gasteiger charge is 2.17. The van der Waals surface area contributed by atoms with E-state index >= 15 is 0 Å². The van der Waals surface area contributed by atoms with Crippen LogP contribution in [0.25, 0.3) is 43.6 Å². The molecule has 7 nitrogen and oxygen atoms in total. The first-order valence-corrected chi connectivity index (χ1v) is 10.6. The number of hydrogen-bond donors (Lipinski definition) is 3. The zero-order valence-corrected chi connectivity index (χ0v) is 16.8. The predicted octanol–water partition coefficient (Wildman–Crippen LogP) is 3.54. The SMILES string of the molecule is Cc1ccc2[nH]c3cc4c(=O)c5cc(C)c(S(=O)(=O)O)cc5[nH]c4cc3c(=O)c2c1. The quantitative estimate of drug-likeness (QED) is 0.283. The van der Waals surface area contributed by atoms with Gasteiger partial charge < -0.3 is 9.97 Å². The summed E-state index contributed by atoms with van der Waals surface area (Å²) in [6, 6.07) is 11.4. The van der Waals surface area contributed by atoms with Gasteiger partial charge in [0, 0.05) is 27.1 Å². The Bertz CT molecular complexity index is 1780. The van der Waals surface area contributed by atoms with Crippen LogP contribution in [0.15, 0.2) is 56.9 Å². The van der Waals surface area contributed by atoms with Crippen LogP contribution >= 0.6 is 0 Å². The summed E-state index contributed by atoms with van der Waals surface area (Å²) in [6.07, 6.45) is 0. The van der Waals surface area contributed by atoms with E-state index in [2.05, 4.69) is 9.97 Å². The fourth-order valence-electron chi connectivity index (χ4n) is 3.97. The number of H-pyrrole nitrogens is 2. The summed E-state index contributed by atoms with van der Waals surface area (Å²) >= 11 is 0. The molecule has 0 spiro atoms. The molecule has 8 heteroatoms. The van der Waals surface area contributed by atoms with Crippen molar-refractivity contribution in [2.24, 2.45) is 0 Å². The topological polar surface area (TPSA) is 120 Å². The van der Waals surface area contributed by atoms with Crippen LogP contribution in [0.5, 0.6) is 0 Å². The van der Waals surface area contributed by atoms with Crippen LogP contribution in [0.2, 0.25) is 0 Å². The molecule has 3 aromatic carbocycles. The Kier molecular flexibility index (Phi) is 3.71. The highest BCUT2D eigenvalue weighted by atomic mass is 32.2. The molecule has 0 atom stereocenters. The summed E-state index contributed by atoms with van der Waals surface area (Å²) in [7, 11) is -4.44. The van der Waals surface area contributed by atoms with Crippen molar-refractivity contribution in [3.63, 3.8) is 0 Å². The van der Waals surface area contributed by atoms with Gasteiger partial charge in [-0.05, 0) is 55.8 Å². The van der Waals surface area contributed by atoms with E-state index in [1.807, 2.05) is 25.1 Å². The van der Waals surface area contributed by atoms with Crippen LogP contribution in [0, 0.1) is 13.8 Å². The Balaban J connectivity index is 1.95. The number of pyridine rings is 2. The van der Waals surface area contributed by atoms with Crippen molar-refractivity contribution in [2.75, 3.05) is 0 Å². The maximum atomic E-state index is 13.1. The van der Waals surface area contributed by atoms with Gasteiger partial charge in [-0.3, -0.25) is 14.1 Å². The molecule has 0 aliphatic rings. The first-order chi connectivity index (χ1) is 14.1. The minimum absolute atomic E-state index is 0.159. The summed E-state index contributed by atoms with van der Waals surface area (Å²) < 4.78 is 32.7. The van der Waals surface area contributed by atoms with Crippen molar-refractivity contribution in [3.8, 4) is 0 Å². The predicted molar refractivity (Wildman–Crippen MR) is 117 cm³/mol. The van der Waals surface area contributed by atoms with E-state index in [4.69, 9.17) is 0 Å². The van der Waals surface area contributed by atoms with Crippen molar-refractivity contribution in [3.05, 3.63) is 74.0 Å². The molecule has 30 heavy (non-hydrogen) atoms. The summed E-state index contributed by atoms with van der Waals surface area (Å²) in [5.41, 5.74) is 2.67. The molecule has 0 fully saturated rings. The van der Waals surface area contributed by atoms with Gasteiger partial charge in [-0.15, -0.1) is 0 Å². The molecule has 0 unspecified atom stereocenters. The zero-order chi connectivity index (χ0) is 21.4. The summed E-state index contributed by atoms with van der Waals surface area (Å²) in [6.45, 7) is 3.42. The van der Waals surface area contributed by atoms with E-state index in [9.17, 15) is 22.6 Å². The van der Waals surface area contributed by atoms with Crippen molar-refractivity contribution in [1.29, 1.82) is 0 Å². The molecule has 0 aliphatic heterocycles. The van der Waals surface area contributed by atoms with Crippen LogP contribution in [0.4, 0.5) is 0 Å². The lowest BCUT2D eigenvalue weighted by Crippen LogP contribution is -2.09. The maximum Gasteiger partial charge on any atom is 0.294 e. The molecule has 2 heterocycles. The minimum Gasteiger partial charge on any atom is -0.354 e. The fraction of sp³-hybridized carbons (Fsp3) is 0.0909. The molecule has 5 aromatic rings. The number of fused-ring (bicyclic) bond motifs is 4. The molecule has 2 aromatic heterocycles. The molecule has 0 saturated heterocycles. The highest BCUT2D eigenvalue weighted by Crippen LogP contribution is 2.25. The monoisotopic (exact) mass is 420 g/mol. The van der Waals surface area contributed by atoms with Crippen molar-refractivity contribution >= 4 is 53.7 Å². The Hall–Kier alpha value is -3.49. The Labute approximate surface area is 169 Å². The zero-order valence-electron chi connectivity index (χ0n) is 16.0. The lowest BCUT2D eigenvalue weighted by Gasteiger charge is -2.09. The number of rotatable bonds is 1. The number of aromatic nitrogens is 2. The standard InChI is InChI=1S/C22H16N2O5S/c1-10-3-4-16-12(5-10)21(25)14-8-18-15(7-17(14)23-16)22(26)13-6-11(2)20(30(27,28)29)9-19(13)24-18/h3-9H,1-2H3,(H,23,25)(H,24,26)(H,27,28,29). The third-order valence-corrected chi connectivity index (χ3v) is 6.44. The molecule has 0 radical (unpaired) electrons. The van der Waals surface area contributed by atoms with Crippen LogP contribution in [-0.4, -0.2) is 22.9 Å². The lowest BCUT2D eigenvalue weighted by molar-refractivity contribution is 0.482. The van der Waals surface area contributed by atoms with Crippen LogP contribution in [0.1, 0.15) is 11.1 Å². The second-order valence-electron chi connectivity index (χ2n) is 7.54. The van der Waals surface area contributed by atoms with E-state index in [-0.39, 0.29) is 26.8 Å². The van der Waals surface area contributed by atoms with Gasteiger partial charge in [0.25, 0.3) is 10.1 Å². The van der Waals surface area contributed by atoms with E-state index in [0.717, 1.165) is 5.56 Å². The van der Waals surface area contributed by atoms with Gasteiger partial charge in [0.15, 0.2) is 10.9 Å². The van der Waals surface area contributed by atoms with E-state index in [1.165, 1.54) is 19.1 Å². The molecule has 0 amide bonds. The average Bonchev–Trinajstić information content (AvgIpc) is 2.68. The van der Waals surface area contributed by atoms with Gasteiger partial charge in [-0.25, -0.2) is 0 Å². The van der Waals surface area contributed by atoms with Crippen molar-refractivity contribution in [1.82, 2.24) is 9.97 Å². The van der Waals surface area contributed by atoms with Crippen LogP contribution < -0.4 is 10.9 Å². The molecule has 150 valence electrons. The Morgan fingerprint density at radius 2 is 1.20 bits per heavy atom. The van der Waals surface area contributed by atoms with E-state index in [1.54, 1.807) is 12.1 Å². The van der Waals surface area contributed by atoms with E-state index < -0.39 is 10.1 Å². The van der Waals surface area contributed by atoms with Gasteiger partial charge in [-0.1, -0.05) is 11.6 Å². The number of aromatic amines is 2.